The zero-order chi connectivity index (χ0) is 21.4. The van der Waals surface area contributed by atoms with Gasteiger partial charge in [0.15, 0.2) is 0 Å². The highest BCUT2D eigenvalue weighted by molar-refractivity contribution is 6.31. The molecule has 0 saturated heterocycles. The van der Waals surface area contributed by atoms with E-state index in [1.165, 1.54) is 0 Å². The molecule has 0 fully saturated rings. The molecule has 0 radical (unpaired) electrons. The summed E-state index contributed by atoms with van der Waals surface area (Å²) in [5, 5.41) is 5.34. The lowest BCUT2D eigenvalue weighted by molar-refractivity contribution is -0.121. The zero-order valence-corrected chi connectivity index (χ0v) is 17.9. The van der Waals surface area contributed by atoms with Crippen LogP contribution in [0.2, 0.25) is 5.02 Å². The van der Waals surface area contributed by atoms with Gasteiger partial charge < -0.3 is 14.2 Å². The lowest BCUT2D eigenvalue weighted by Crippen LogP contribution is -2.24. The average molecular weight is 424 g/mol. The third kappa shape index (κ3) is 3.61. The van der Waals surface area contributed by atoms with Gasteiger partial charge in [-0.25, -0.2) is 4.79 Å². The molecule has 1 N–H and O–H groups in total. The van der Waals surface area contributed by atoms with E-state index < -0.39 is 5.63 Å². The van der Waals surface area contributed by atoms with Gasteiger partial charge in [-0.3, -0.25) is 4.79 Å². The van der Waals surface area contributed by atoms with Gasteiger partial charge in [-0.1, -0.05) is 29.8 Å². The van der Waals surface area contributed by atoms with E-state index in [1.807, 2.05) is 45.0 Å². The summed E-state index contributed by atoms with van der Waals surface area (Å²) in [6, 6.07) is 9.36. The number of hydrogen-bond donors (Lipinski definition) is 1. The quantitative estimate of drug-likeness (QED) is 0.438. The van der Waals surface area contributed by atoms with Crippen LogP contribution in [0.15, 0.2) is 50.2 Å². The number of nitrogens with one attached hydrogen (secondary N) is 1. The smallest absolute Gasteiger partial charge is 0.339 e. The van der Waals surface area contributed by atoms with Crippen molar-refractivity contribution in [3.05, 3.63) is 79.9 Å². The second kappa shape index (κ2) is 8.00. The second-order valence-electron chi connectivity index (χ2n) is 7.53. The molecule has 5 nitrogen and oxygen atoms in total. The Morgan fingerprint density at radius 1 is 1.07 bits per heavy atom. The topological polar surface area (TPSA) is 72.5 Å². The maximum Gasteiger partial charge on any atom is 0.339 e. The zero-order valence-electron chi connectivity index (χ0n) is 17.1. The fourth-order valence-electron chi connectivity index (χ4n) is 3.77. The van der Waals surface area contributed by atoms with Gasteiger partial charge in [-0.2, -0.15) is 0 Å². The molecule has 2 aromatic carbocycles. The Kier molecular flexibility index (Phi) is 5.39. The Bertz CT molecular complexity index is 1330. The first-order chi connectivity index (χ1) is 14.4. The van der Waals surface area contributed by atoms with Crippen molar-refractivity contribution in [2.75, 3.05) is 0 Å². The Labute approximate surface area is 178 Å². The van der Waals surface area contributed by atoms with Gasteiger partial charge >= 0.3 is 5.63 Å². The Balaban J connectivity index is 1.57. The van der Waals surface area contributed by atoms with E-state index in [9.17, 15) is 9.59 Å². The summed E-state index contributed by atoms with van der Waals surface area (Å²) >= 11 is 6.12. The van der Waals surface area contributed by atoms with E-state index in [2.05, 4.69) is 5.32 Å². The number of aryl methyl sites for hydroxylation is 3. The molecule has 4 rings (SSSR count). The number of hydrogen-bond acceptors (Lipinski definition) is 4. The van der Waals surface area contributed by atoms with Crippen molar-refractivity contribution in [1.82, 2.24) is 5.32 Å². The van der Waals surface area contributed by atoms with Gasteiger partial charge in [-0.15, -0.1) is 0 Å². The van der Waals surface area contributed by atoms with Gasteiger partial charge in [0.2, 0.25) is 5.91 Å². The number of furan rings is 1. The summed E-state index contributed by atoms with van der Waals surface area (Å²) in [4.78, 5) is 25.0. The molecule has 0 aliphatic carbocycles. The lowest BCUT2D eigenvalue weighted by atomic mass is 9.98. The van der Waals surface area contributed by atoms with Crippen molar-refractivity contribution in [1.29, 1.82) is 0 Å². The monoisotopic (exact) mass is 423 g/mol. The molecule has 0 spiro atoms. The third-order valence-corrected chi connectivity index (χ3v) is 5.94. The van der Waals surface area contributed by atoms with Crippen LogP contribution in [0, 0.1) is 20.8 Å². The SMILES string of the molecule is Cc1coc2c(C)c3oc(=O)c(CCC(=O)NCc4ccccc4Cl)c(C)c3cc12. The summed E-state index contributed by atoms with van der Waals surface area (Å²) < 4.78 is 11.3. The van der Waals surface area contributed by atoms with Crippen LogP contribution >= 0.6 is 11.6 Å². The van der Waals surface area contributed by atoms with Gasteiger partial charge in [0.25, 0.3) is 0 Å². The Morgan fingerprint density at radius 3 is 2.60 bits per heavy atom. The van der Waals surface area contributed by atoms with Crippen molar-refractivity contribution in [3.8, 4) is 0 Å². The van der Waals surface area contributed by atoms with Crippen molar-refractivity contribution in [2.24, 2.45) is 0 Å². The van der Waals surface area contributed by atoms with Crippen molar-refractivity contribution in [3.63, 3.8) is 0 Å². The standard InChI is InChI=1S/C24H22ClNO4/c1-13-12-29-22-15(3)23-19(10-18(13)22)14(2)17(24(28)30-23)8-9-21(27)26-11-16-6-4-5-7-20(16)25/h4-7,10,12H,8-9,11H2,1-3H3,(H,26,27). The molecule has 154 valence electrons. The fraction of sp³-hybridized carbons (Fsp3) is 0.250. The molecule has 4 aromatic rings. The minimum Gasteiger partial charge on any atom is -0.464 e. The summed E-state index contributed by atoms with van der Waals surface area (Å²) in [5.74, 6) is -0.147. The molecule has 6 heteroatoms. The van der Waals surface area contributed by atoms with Crippen LogP contribution in [0.4, 0.5) is 0 Å². The van der Waals surface area contributed by atoms with E-state index >= 15 is 0 Å². The second-order valence-corrected chi connectivity index (χ2v) is 7.94. The average Bonchev–Trinajstić information content (AvgIpc) is 3.09. The number of benzene rings is 2. The first-order valence-corrected chi connectivity index (χ1v) is 10.2. The summed E-state index contributed by atoms with van der Waals surface area (Å²) in [6.45, 7) is 6.12. The number of carbonyl (C=O) groups excluding carboxylic acids is 1. The normalized spacial score (nSPS) is 11.3. The van der Waals surface area contributed by atoms with Crippen molar-refractivity contribution >= 4 is 39.4 Å². The molecule has 0 atom stereocenters. The molecular weight excluding hydrogens is 402 g/mol. The lowest BCUT2D eigenvalue weighted by Gasteiger charge is -2.10. The van der Waals surface area contributed by atoms with Crippen LogP contribution in [0.3, 0.4) is 0 Å². The van der Waals surface area contributed by atoms with Crippen LogP contribution in [-0.2, 0) is 17.8 Å². The van der Waals surface area contributed by atoms with Crippen LogP contribution in [-0.4, -0.2) is 5.91 Å². The number of amides is 1. The minimum atomic E-state index is -0.412. The summed E-state index contributed by atoms with van der Waals surface area (Å²) in [5.41, 5.74) is 4.90. The molecule has 2 aromatic heterocycles. The van der Waals surface area contributed by atoms with E-state index in [4.69, 9.17) is 20.4 Å². The first kappa shape index (κ1) is 20.2. The minimum absolute atomic E-state index is 0.147. The summed E-state index contributed by atoms with van der Waals surface area (Å²) in [6.07, 6.45) is 2.20. The number of carbonyl (C=O) groups is 1. The van der Waals surface area contributed by atoms with Crippen molar-refractivity contribution < 1.29 is 13.6 Å². The molecule has 1 amide bonds. The third-order valence-electron chi connectivity index (χ3n) is 5.57. The maximum absolute atomic E-state index is 12.6. The number of rotatable bonds is 5. The van der Waals surface area contributed by atoms with Crippen LogP contribution in [0.25, 0.3) is 21.9 Å². The highest BCUT2D eigenvalue weighted by atomic mass is 35.5. The molecule has 0 aliphatic rings. The highest BCUT2D eigenvalue weighted by Crippen LogP contribution is 2.32. The predicted octanol–water partition coefficient (Wildman–Crippen LogP) is 5.37. The van der Waals surface area contributed by atoms with E-state index in [1.54, 1.807) is 12.3 Å². The highest BCUT2D eigenvalue weighted by Gasteiger charge is 2.18. The number of fused-ring (bicyclic) bond motifs is 2. The molecule has 30 heavy (non-hydrogen) atoms. The number of halogens is 1. The molecule has 0 aliphatic heterocycles. The van der Waals surface area contributed by atoms with Crippen LogP contribution < -0.4 is 10.9 Å². The predicted molar refractivity (Wildman–Crippen MR) is 118 cm³/mol. The molecule has 2 heterocycles. The first-order valence-electron chi connectivity index (χ1n) is 9.80. The van der Waals surface area contributed by atoms with Gasteiger partial charge in [-0.05, 0) is 56.0 Å². The largest absolute Gasteiger partial charge is 0.464 e. The van der Waals surface area contributed by atoms with Gasteiger partial charge in [0.05, 0.1) is 6.26 Å². The Hall–Kier alpha value is -3.05. The van der Waals surface area contributed by atoms with E-state index in [0.717, 1.165) is 38.6 Å². The molecule has 0 bridgehead atoms. The van der Waals surface area contributed by atoms with Gasteiger partial charge in [0, 0.05) is 39.9 Å². The summed E-state index contributed by atoms with van der Waals surface area (Å²) in [7, 11) is 0. The van der Waals surface area contributed by atoms with Crippen LogP contribution in [0.5, 0.6) is 0 Å². The van der Waals surface area contributed by atoms with Crippen LogP contribution in [0.1, 0.15) is 34.2 Å². The van der Waals surface area contributed by atoms with Gasteiger partial charge in [0.1, 0.15) is 11.2 Å². The van der Waals surface area contributed by atoms with E-state index in [0.29, 0.717) is 29.1 Å². The van der Waals surface area contributed by atoms with Crippen molar-refractivity contribution in [2.45, 2.75) is 40.2 Å². The Morgan fingerprint density at radius 2 is 1.83 bits per heavy atom. The van der Waals surface area contributed by atoms with E-state index in [-0.39, 0.29) is 12.3 Å². The molecule has 0 saturated carbocycles. The molecular formula is C24H22ClNO4. The fourth-order valence-corrected chi connectivity index (χ4v) is 3.97. The molecule has 0 unspecified atom stereocenters. The maximum atomic E-state index is 12.6.